The van der Waals surface area contributed by atoms with E-state index in [1.807, 2.05) is 6.92 Å². The molecule has 0 aliphatic rings. The standard InChI is InChI=1S/C23H27N3O6S/c1-15-4-7-19(8-5-15)33(30,31)26-16(2)20(10-11-24-17(3)27)21-14-18(6-9-22(21)26)32-13-12-25-23(28)29/h4-9,14,25H,10-13H2,1-3H3,(H,24,27)(H,28,29). The molecule has 9 nitrogen and oxygen atoms in total. The fraction of sp³-hybridized carbons (Fsp3) is 0.304. The Bertz CT molecular complexity index is 1280. The van der Waals surface area contributed by atoms with Gasteiger partial charge in [0, 0.05) is 24.5 Å². The van der Waals surface area contributed by atoms with E-state index in [2.05, 4.69) is 10.6 Å². The number of benzene rings is 2. The molecule has 1 aromatic heterocycles. The Morgan fingerprint density at radius 3 is 2.36 bits per heavy atom. The van der Waals surface area contributed by atoms with Gasteiger partial charge in [-0.2, -0.15) is 0 Å². The largest absolute Gasteiger partial charge is 0.492 e. The number of aromatic nitrogens is 1. The minimum absolute atomic E-state index is 0.116. The van der Waals surface area contributed by atoms with Crippen molar-refractivity contribution in [3.8, 4) is 5.75 Å². The number of nitrogens with one attached hydrogen (secondary N) is 2. The van der Waals surface area contributed by atoms with Gasteiger partial charge in [0.15, 0.2) is 0 Å². The Kier molecular flexibility index (Phi) is 7.27. The van der Waals surface area contributed by atoms with Gasteiger partial charge in [0.25, 0.3) is 10.0 Å². The summed E-state index contributed by atoms with van der Waals surface area (Å²) in [5.74, 6) is 0.318. The maximum Gasteiger partial charge on any atom is 0.404 e. The summed E-state index contributed by atoms with van der Waals surface area (Å²) in [6.07, 6.45) is -0.703. The second-order valence-corrected chi connectivity index (χ2v) is 9.43. The van der Waals surface area contributed by atoms with Crippen molar-refractivity contribution >= 4 is 32.9 Å². The summed E-state index contributed by atoms with van der Waals surface area (Å²) in [6, 6.07) is 11.7. The average molecular weight is 474 g/mol. The number of amides is 2. The molecule has 176 valence electrons. The zero-order valence-corrected chi connectivity index (χ0v) is 19.5. The van der Waals surface area contributed by atoms with Gasteiger partial charge in [0.05, 0.1) is 17.0 Å². The van der Waals surface area contributed by atoms with Crippen molar-refractivity contribution < 1.29 is 27.9 Å². The first-order valence-corrected chi connectivity index (χ1v) is 11.9. The maximum atomic E-state index is 13.5. The third-order valence-corrected chi connectivity index (χ3v) is 7.03. The highest BCUT2D eigenvalue weighted by Crippen LogP contribution is 2.33. The van der Waals surface area contributed by atoms with Gasteiger partial charge in [-0.05, 0) is 56.2 Å². The van der Waals surface area contributed by atoms with E-state index >= 15 is 0 Å². The van der Waals surface area contributed by atoms with Gasteiger partial charge in [0.2, 0.25) is 5.91 Å². The SMILES string of the molecule is CC(=O)NCCc1c(C)n(S(=O)(=O)c2ccc(C)cc2)c2ccc(OCCNC(=O)O)cc12. The van der Waals surface area contributed by atoms with Crippen LogP contribution in [0.5, 0.6) is 5.75 Å². The van der Waals surface area contributed by atoms with Crippen molar-refractivity contribution in [3.63, 3.8) is 0 Å². The molecule has 0 bridgehead atoms. The second kappa shape index (κ2) is 9.95. The molecule has 0 aliphatic carbocycles. The number of carbonyl (C=O) groups excluding carboxylic acids is 1. The molecule has 3 rings (SSSR count). The molecule has 1 heterocycles. The number of hydrogen-bond acceptors (Lipinski definition) is 5. The number of hydrogen-bond donors (Lipinski definition) is 3. The average Bonchev–Trinajstić information content (AvgIpc) is 3.02. The van der Waals surface area contributed by atoms with Crippen LogP contribution in [0, 0.1) is 13.8 Å². The first kappa shape index (κ1) is 24.1. The van der Waals surface area contributed by atoms with Crippen LogP contribution in [-0.2, 0) is 21.2 Å². The van der Waals surface area contributed by atoms with E-state index in [-0.39, 0.29) is 24.0 Å². The monoisotopic (exact) mass is 473 g/mol. The van der Waals surface area contributed by atoms with Crippen LogP contribution in [0.4, 0.5) is 4.79 Å². The highest BCUT2D eigenvalue weighted by molar-refractivity contribution is 7.90. The number of fused-ring (bicyclic) bond motifs is 1. The summed E-state index contributed by atoms with van der Waals surface area (Å²) in [7, 11) is -3.86. The summed E-state index contributed by atoms with van der Waals surface area (Å²) in [5.41, 5.74) is 2.80. The van der Waals surface area contributed by atoms with Crippen LogP contribution in [0.1, 0.15) is 23.7 Å². The Hall–Kier alpha value is -3.53. The number of nitrogens with zero attached hydrogens (tertiary/aromatic N) is 1. The van der Waals surface area contributed by atoms with Gasteiger partial charge < -0.3 is 20.5 Å². The molecule has 0 unspecified atom stereocenters. The highest BCUT2D eigenvalue weighted by Gasteiger charge is 2.25. The van der Waals surface area contributed by atoms with Gasteiger partial charge in [-0.3, -0.25) is 4.79 Å². The van der Waals surface area contributed by atoms with Gasteiger partial charge in [-0.15, -0.1) is 0 Å². The quantitative estimate of drug-likeness (QED) is 0.410. The predicted molar refractivity (Wildman–Crippen MR) is 124 cm³/mol. The van der Waals surface area contributed by atoms with Crippen molar-refractivity contribution in [2.24, 2.45) is 0 Å². The Morgan fingerprint density at radius 2 is 1.73 bits per heavy atom. The molecule has 0 radical (unpaired) electrons. The molecule has 10 heteroatoms. The molecule has 3 N–H and O–H groups in total. The molecular formula is C23H27N3O6S. The van der Waals surface area contributed by atoms with Crippen LogP contribution in [0.3, 0.4) is 0 Å². The summed E-state index contributed by atoms with van der Waals surface area (Å²) < 4.78 is 34.0. The summed E-state index contributed by atoms with van der Waals surface area (Å²) in [4.78, 5) is 22.1. The highest BCUT2D eigenvalue weighted by atomic mass is 32.2. The molecule has 0 atom stereocenters. The lowest BCUT2D eigenvalue weighted by atomic mass is 10.1. The van der Waals surface area contributed by atoms with Gasteiger partial charge in [-0.25, -0.2) is 17.2 Å². The fourth-order valence-corrected chi connectivity index (χ4v) is 5.23. The number of carbonyl (C=O) groups is 2. The minimum Gasteiger partial charge on any atom is -0.492 e. The van der Waals surface area contributed by atoms with E-state index in [1.165, 1.54) is 10.9 Å². The van der Waals surface area contributed by atoms with Crippen LogP contribution in [0.2, 0.25) is 0 Å². The van der Waals surface area contributed by atoms with E-state index in [4.69, 9.17) is 9.84 Å². The van der Waals surface area contributed by atoms with Crippen LogP contribution in [-0.4, -0.2) is 49.2 Å². The van der Waals surface area contributed by atoms with E-state index < -0.39 is 16.1 Å². The number of ether oxygens (including phenoxy) is 1. The van der Waals surface area contributed by atoms with Gasteiger partial charge >= 0.3 is 6.09 Å². The van der Waals surface area contributed by atoms with Crippen LogP contribution in [0.25, 0.3) is 10.9 Å². The summed E-state index contributed by atoms with van der Waals surface area (Å²) >= 11 is 0. The molecule has 0 fully saturated rings. The lowest BCUT2D eigenvalue weighted by Crippen LogP contribution is -2.26. The lowest BCUT2D eigenvalue weighted by molar-refractivity contribution is -0.118. The van der Waals surface area contributed by atoms with Crippen LogP contribution in [0.15, 0.2) is 47.4 Å². The van der Waals surface area contributed by atoms with Gasteiger partial charge in [-0.1, -0.05) is 17.7 Å². The van der Waals surface area contributed by atoms with E-state index in [9.17, 15) is 18.0 Å². The Morgan fingerprint density at radius 1 is 1.03 bits per heavy atom. The van der Waals surface area contributed by atoms with E-state index in [1.54, 1.807) is 49.4 Å². The molecule has 0 saturated carbocycles. The zero-order valence-electron chi connectivity index (χ0n) is 18.7. The third kappa shape index (κ3) is 5.46. The normalized spacial score (nSPS) is 11.4. The first-order valence-electron chi connectivity index (χ1n) is 10.4. The predicted octanol–water partition coefficient (Wildman–Crippen LogP) is 2.82. The fourth-order valence-electron chi connectivity index (χ4n) is 3.65. The summed E-state index contributed by atoms with van der Waals surface area (Å²) in [6.45, 7) is 5.65. The minimum atomic E-state index is -3.86. The number of aryl methyl sites for hydroxylation is 1. The van der Waals surface area contributed by atoms with Crippen molar-refractivity contribution in [3.05, 3.63) is 59.3 Å². The van der Waals surface area contributed by atoms with E-state index in [0.29, 0.717) is 35.3 Å². The molecule has 0 aliphatic heterocycles. The van der Waals surface area contributed by atoms with Crippen LogP contribution < -0.4 is 15.4 Å². The number of rotatable bonds is 9. The van der Waals surface area contributed by atoms with Crippen molar-refractivity contribution in [2.45, 2.75) is 32.1 Å². The Balaban J connectivity index is 2.05. The van der Waals surface area contributed by atoms with Crippen molar-refractivity contribution in [2.75, 3.05) is 19.7 Å². The molecule has 33 heavy (non-hydrogen) atoms. The van der Waals surface area contributed by atoms with Gasteiger partial charge in [0.1, 0.15) is 12.4 Å². The smallest absolute Gasteiger partial charge is 0.404 e. The molecule has 0 spiro atoms. The third-order valence-electron chi connectivity index (χ3n) is 5.21. The molecule has 2 amide bonds. The number of carboxylic acid groups (broad SMARTS) is 1. The Labute approximate surface area is 192 Å². The molecular weight excluding hydrogens is 446 g/mol. The first-order chi connectivity index (χ1) is 15.6. The second-order valence-electron chi connectivity index (χ2n) is 7.64. The zero-order chi connectivity index (χ0) is 24.2. The molecule has 2 aromatic carbocycles. The molecule has 3 aromatic rings. The van der Waals surface area contributed by atoms with Crippen molar-refractivity contribution in [1.82, 2.24) is 14.6 Å². The molecule has 0 saturated heterocycles. The topological polar surface area (TPSA) is 127 Å². The van der Waals surface area contributed by atoms with Crippen molar-refractivity contribution in [1.29, 1.82) is 0 Å². The maximum absolute atomic E-state index is 13.5. The van der Waals surface area contributed by atoms with E-state index in [0.717, 1.165) is 11.1 Å². The van der Waals surface area contributed by atoms with Crippen LogP contribution >= 0.6 is 0 Å². The lowest BCUT2D eigenvalue weighted by Gasteiger charge is -2.11. The summed E-state index contributed by atoms with van der Waals surface area (Å²) in [5, 5.41) is 14.3.